The molecule has 0 saturated carbocycles. The Kier molecular flexibility index (Phi) is 5.29. The van der Waals surface area contributed by atoms with Crippen LogP contribution in [0.5, 0.6) is 0 Å². The molecule has 104 valence electrons. The summed E-state index contributed by atoms with van der Waals surface area (Å²) in [7, 11) is 0. The van der Waals surface area contributed by atoms with Gasteiger partial charge in [-0.25, -0.2) is 0 Å². The van der Waals surface area contributed by atoms with Gasteiger partial charge in [0, 0.05) is 6.42 Å². The Morgan fingerprint density at radius 3 is 2.10 bits per heavy atom. The molecule has 2 rings (SSSR count). The Balaban J connectivity index is 1.85. The van der Waals surface area contributed by atoms with Crippen LogP contribution in [0.4, 0.5) is 0 Å². The van der Waals surface area contributed by atoms with Crippen molar-refractivity contribution in [2.24, 2.45) is 0 Å². The molecule has 0 radical (unpaired) electrons. The van der Waals surface area contributed by atoms with Crippen molar-refractivity contribution >= 4 is 5.97 Å². The maximum atomic E-state index is 11.2. The predicted molar refractivity (Wildman–Crippen MR) is 75.9 cm³/mol. The van der Waals surface area contributed by atoms with Gasteiger partial charge in [-0.1, -0.05) is 60.7 Å². The van der Waals surface area contributed by atoms with Crippen LogP contribution >= 0.6 is 0 Å². The molecule has 0 bridgehead atoms. The minimum Gasteiger partial charge on any atom is -0.480 e. The lowest BCUT2D eigenvalue weighted by atomic mass is 10.1. The average Bonchev–Trinajstić information content (AvgIpc) is 2.48. The molecule has 0 aromatic heterocycles. The highest BCUT2D eigenvalue weighted by Crippen LogP contribution is 2.05. The Morgan fingerprint density at radius 1 is 1.00 bits per heavy atom. The molecule has 0 heterocycles. The van der Waals surface area contributed by atoms with Crippen molar-refractivity contribution in [2.75, 3.05) is 0 Å². The molecule has 0 aliphatic heterocycles. The highest BCUT2D eigenvalue weighted by Gasteiger charge is 2.17. The second-order valence-corrected chi connectivity index (χ2v) is 4.47. The second kappa shape index (κ2) is 7.43. The van der Waals surface area contributed by atoms with Gasteiger partial charge in [-0.15, -0.1) is 0 Å². The van der Waals surface area contributed by atoms with Gasteiger partial charge in [0.1, 0.15) is 6.04 Å². The third kappa shape index (κ3) is 4.50. The van der Waals surface area contributed by atoms with Crippen LogP contribution in [0.25, 0.3) is 0 Å². The molecule has 4 nitrogen and oxygen atoms in total. The number of hydrogen-bond donors (Lipinski definition) is 2. The van der Waals surface area contributed by atoms with E-state index in [9.17, 15) is 9.90 Å². The highest BCUT2D eigenvalue weighted by molar-refractivity contribution is 5.73. The number of hydrogen-bond acceptors (Lipinski definition) is 3. The minimum absolute atomic E-state index is 0.333. The van der Waals surface area contributed by atoms with E-state index in [0.29, 0.717) is 13.0 Å². The lowest BCUT2D eigenvalue weighted by Gasteiger charge is -2.14. The maximum absolute atomic E-state index is 11.2. The molecule has 0 aliphatic carbocycles. The molecule has 0 fully saturated rings. The number of nitrogens with one attached hydrogen (secondary N) is 1. The molecule has 0 amide bonds. The first kappa shape index (κ1) is 14.2. The van der Waals surface area contributed by atoms with E-state index in [1.165, 1.54) is 0 Å². The van der Waals surface area contributed by atoms with Gasteiger partial charge in [-0.3, -0.25) is 9.63 Å². The smallest absolute Gasteiger partial charge is 0.323 e. The first-order chi connectivity index (χ1) is 9.75. The zero-order valence-electron chi connectivity index (χ0n) is 11.0. The third-order valence-electron chi connectivity index (χ3n) is 2.89. The SMILES string of the molecule is O=C(O)[C@H](Cc1ccccc1)NOCc1ccccc1. The fraction of sp³-hybridized carbons (Fsp3) is 0.188. The molecule has 2 N–H and O–H groups in total. The Labute approximate surface area is 118 Å². The number of carboxylic acids is 1. The molecule has 0 saturated heterocycles. The van der Waals surface area contributed by atoms with Crippen molar-refractivity contribution in [1.29, 1.82) is 0 Å². The van der Waals surface area contributed by atoms with Gasteiger partial charge in [0.15, 0.2) is 0 Å². The summed E-state index contributed by atoms with van der Waals surface area (Å²) < 4.78 is 0. The summed E-state index contributed by atoms with van der Waals surface area (Å²) in [5, 5.41) is 9.19. The lowest BCUT2D eigenvalue weighted by molar-refractivity contribution is -0.144. The summed E-state index contributed by atoms with van der Waals surface area (Å²) in [6, 6.07) is 18.3. The van der Waals surface area contributed by atoms with Crippen molar-refractivity contribution in [3.8, 4) is 0 Å². The minimum atomic E-state index is -0.929. The van der Waals surface area contributed by atoms with Crippen molar-refractivity contribution in [2.45, 2.75) is 19.1 Å². The molecule has 4 heteroatoms. The number of aliphatic carboxylic acids is 1. The molecule has 0 aliphatic rings. The van der Waals surface area contributed by atoms with E-state index in [1.807, 2.05) is 60.7 Å². The van der Waals surface area contributed by atoms with Crippen LogP contribution in [0.1, 0.15) is 11.1 Å². The Morgan fingerprint density at radius 2 is 1.55 bits per heavy atom. The van der Waals surface area contributed by atoms with Crippen LogP contribution in [0.2, 0.25) is 0 Å². The summed E-state index contributed by atoms with van der Waals surface area (Å²) in [5.74, 6) is -0.929. The van der Waals surface area contributed by atoms with Crippen molar-refractivity contribution in [1.82, 2.24) is 5.48 Å². The number of hydroxylamine groups is 1. The van der Waals surface area contributed by atoms with E-state index in [2.05, 4.69) is 5.48 Å². The molecule has 2 aromatic carbocycles. The Bertz CT molecular complexity index is 528. The number of rotatable bonds is 7. The van der Waals surface area contributed by atoms with Crippen molar-refractivity contribution in [3.05, 3.63) is 71.8 Å². The van der Waals surface area contributed by atoms with Crippen LogP contribution in [0.3, 0.4) is 0 Å². The first-order valence-corrected chi connectivity index (χ1v) is 6.43. The van der Waals surface area contributed by atoms with E-state index < -0.39 is 12.0 Å². The normalized spacial score (nSPS) is 12.0. The van der Waals surface area contributed by atoms with Crippen molar-refractivity contribution in [3.63, 3.8) is 0 Å². The molecular formula is C16H17NO3. The summed E-state index contributed by atoms with van der Waals surface area (Å²) >= 11 is 0. The van der Waals surface area contributed by atoms with Crippen LogP contribution < -0.4 is 5.48 Å². The van der Waals surface area contributed by atoms with Crippen molar-refractivity contribution < 1.29 is 14.7 Å². The van der Waals surface area contributed by atoms with E-state index in [4.69, 9.17) is 4.84 Å². The maximum Gasteiger partial charge on any atom is 0.323 e. The van der Waals surface area contributed by atoms with Gasteiger partial charge in [0.2, 0.25) is 0 Å². The predicted octanol–water partition coefficient (Wildman–Crippen LogP) is 2.40. The summed E-state index contributed by atoms with van der Waals surface area (Å²) in [6.07, 6.45) is 0.380. The van der Waals surface area contributed by atoms with Gasteiger partial charge >= 0.3 is 5.97 Å². The van der Waals surface area contributed by atoms with Gasteiger partial charge in [-0.05, 0) is 11.1 Å². The number of benzene rings is 2. The van der Waals surface area contributed by atoms with Crippen LogP contribution in [0, 0.1) is 0 Å². The highest BCUT2D eigenvalue weighted by atomic mass is 16.6. The zero-order chi connectivity index (χ0) is 14.2. The molecule has 2 aromatic rings. The summed E-state index contributed by atoms with van der Waals surface area (Å²) in [5.41, 5.74) is 4.56. The molecule has 1 atom stereocenters. The standard InChI is InChI=1S/C16H17NO3/c18-16(19)15(11-13-7-3-1-4-8-13)17-20-12-14-9-5-2-6-10-14/h1-10,15,17H,11-12H2,(H,18,19)/t15-/m0/s1. The largest absolute Gasteiger partial charge is 0.480 e. The lowest BCUT2D eigenvalue weighted by Crippen LogP contribution is -2.38. The quantitative estimate of drug-likeness (QED) is 0.759. The van der Waals surface area contributed by atoms with Crippen LogP contribution in [0.15, 0.2) is 60.7 Å². The summed E-state index contributed by atoms with van der Waals surface area (Å²) in [6.45, 7) is 0.333. The second-order valence-electron chi connectivity index (χ2n) is 4.47. The third-order valence-corrected chi connectivity index (χ3v) is 2.89. The molecular weight excluding hydrogens is 254 g/mol. The molecule has 20 heavy (non-hydrogen) atoms. The summed E-state index contributed by atoms with van der Waals surface area (Å²) in [4.78, 5) is 16.5. The van der Waals surface area contributed by atoms with Crippen LogP contribution in [-0.4, -0.2) is 17.1 Å². The average molecular weight is 271 g/mol. The number of carbonyl (C=O) groups is 1. The zero-order valence-corrected chi connectivity index (χ0v) is 11.0. The van der Waals surface area contributed by atoms with Gasteiger partial charge in [0.05, 0.1) is 6.61 Å². The topological polar surface area (TPSA) is 58.6 Å². The van der Waals surface area contributed by atoms with E-state index >= 15 is 0 Å². The first-order valence-electron chi connectivity index (χ1n) is 6.43. The Hall–Kier alpha value is -2.17. The molecule has 0 unspecified atom stereocenters. The fourth-order valence-corrected chi connectivity index (χ4v) is 1.83. The van der Waals surface area contributed by atoms with Gasteiger partial charge in [-0.2, -0.15) is 5.48 Å². The van der Waals surface area contributed by atoms with Gasteiger partial charge in [0.25, 0.3) is 0 Å². The van der Waals surface area contributed by atoms with E-state index in [0.717, 1.165) is 11.1 Å². The van der Waals surface area contributed by atoms with Crippen LogP contribution in [-0.2, 0) is 22.7 Å². The monoisotopic (exact) mass is 271 g/mol. The van der Waals surface area contributed by atoms with E-state index in [1.54, 1.807) is 0 Å². The van der Waals surface area contributed by atoms with E-state index in [-0.39, 0.29) is 0 Å². The molecule has 0 spiro atoms. The number of carboxylic acid groups (broad SMARTS) is 1. The fourth-order valence-electron chi connectivity index (χ4n) is 1.83. The van der Waals surface area contributed by atoms with Gasteiger partial charge < -0.3 is 5.11 Å².